The Morgan fingerprint density at radius 3 is 1.88 bits per heavy atom. The SMILES string of the molecule is CC(C)(C)CC(C)(C)c1cc(-c2cc(F)ccc2OCCCO)c(O)c(-c2c3ccc(C(C)(C)C)cc3cc3ccc(C(C)(C)C)cc23)c1. The highest BCUT2D eigenvalue weighted by Gasteiger charge is 2.31. The number of halogens is 1. The van der Waals surface area contributed by atoms with Gasteiger partial charge in [0.1, 0.15) is 17.3 Å². The van der Waals surface area contributed by atoms with Gasteiger partial charge >= 0.3 is 0 Å². The molecular formula is C45H55FO3. The first-order valence-corrected chi connectivity index (χ1v) is 17.6. The van der Waals surface area contributed by atoms with Crippen LogP contribution in [0.4, 0.5) is 4.39 Å². The summed E-state index contributed by atoms with van der Waals surface area (Å²) in [6.45, 7) is 24.8. The van der Waals surface area contributed by atoms with Crippen molar-refractivity contribution in [2.24, 2.45) is 5.41 Å². The Bertz CT molecular complexity index is 2000. The van der Waals surface area contributed by atoms with Gasteiger partial charge in [0.2, 0.25) is 0 Å². The predicted molar refractivity (Wildman–Crippen MR) is 206 cm³/mol. The van der Waals surface area contributed by atoms with Crippen molar-refractivity contribution in [1.29, 1.82) is 0 Å². The Balaban J connectivity index is 1.95. The Morgan fingerprint density at radius 2 is 1.24 bits per heavy atom. The molecule has 5 rings (SSSR count). The fourth-order valence-corrected chi connectivity index (χ4v) is 7.28. The lowest BCUT2D eigenvalue weighted by Crippen LogP contribution is -2.25. The minimum Gasteiger partial charge on any atom is -0.507 e. The van der Waals surface area contributed by atoms with Crippen LogP contribution in [0.3, 0.4) is 0 Å². The van der Waals surface area contributed by atoms with E-state index < -0.39 is 5.82 Å². The molecule has 0 aliphatic rings. The Morgan fingerprint density at radius 1 is 0.612 bits per heavy atom. The number of fused-ring (bicyclic) bond motifs is 2. The summed E-state index contributed by atoms with van der Waals surface area (Å²) in [6, 6.07) is 24.3. The molecule has 0 spiro atoms. The third-order valence-corrected chi connectivity index (χ3v) is 9.61. The number of phenolic OH excluding ortho intramolecular Hbond substituents is 1. The maximum absolute atomic E-state index is 15.1. The average molecular weight is 663 g/mol. The molecule has 0 amide bonds. The van der Waals surface area contributed by atoms with Crippen molar-refractivity contribution in [2.45, 2.75) is 105 Å². The molecule has 0 aliphatic carbocycles. The molecule has 3 nitrogen and oxygen atoms in total. The van der Waals surface area contributed by atoms with Crippen LogP contribution < -0.4 is 4.74 Å². The molecule has 0 fully saturated rings. The molecule has 0 radical (unpaired) electrons. The first-order valence-electron chi connectivity index (χ1n) is 17.6. The van der Waals surface area contributed by atoms with Crippen molar-refractivity contribution < 1.29 is 19.3 Å². The van der Waals surface area contributed by atoms with Gasteiger partial charge in [-0.15, -0.1) is 0 Å². The van der Waals surface area contributed by atoms with Crippen LogP contribution in [0.1, 0.15) is 106 Å². The highest BCUT2D eigenvalue weighted by Crippen LogP contribution is 2.50. The molecule has 5 aromatic carbocycles. The molecule has 49 heavy (non-hydrogen) atoms. The van der Waals surface area contributed by atoms with E-state index in [0.29, 0.717) is 28.9 Å². The van der Waals surface area contributed by atoms with Gasteiger partial charge in [0, 0.05) is 35.3 Å². The number of ether oxygens (including phenoxy) is 1. The minimum absolute atomic E-state index is 0.00988. The van der Waals surface area contributed by atoms with Crippen molar-refractivity contribution in [3.63, 3.8) is 0 Å². The standard InChI is InChI=1S/C45H55FO3/c1-42(2,3)27-45(10,11)32-24-37(36-26-33(46)16-18-39(36)49-20-12-19-47)41(48)38(25-32)40-34-17-15-30(43(4,5)6)22-29(34)21-28-13-14-31(23-35(28)40)44(7,8)9/h13-18,21-26,47-48H,12,19-20,27H2,1-11H3. The van der Waals surface area contributed by atoms with E-state index in [9.17, 15) is 10.2 Å². The fraction of sp³-hybridized carbons (Fsp3) is 0.422. The van der Waals surface area contributed by atoms with E-state index >= 15 is 4.39 Å². The van der Waals surface area contributed by atoms with E-state index in [0.717, 1.165) is 39.1 Å². The summed E-state index contributed by atoms with van der Waals surface area (Å²) in [6.07, 6.45) is 1.34. The third kappa shape index (κ3) is 7.80. The molecule has 0 aliphatic heterocycles. The van der Waals surface area contributed by atoms with E-state index in [-0.39, 0.29) is 40.6 Å². The van der Waals surface area contributed by atoms with Crippen molar-refractivity contribution in [3.05, 3.63) is 95.3 Å². The summed E-state index contributed by atoms with van der Waals surface area (Å²) in [5.74, 6) is 0.141. The van der Waals surface area contributed by atoms with Crippen LogP contribution in [-0.2, 0) is 16.2 Å². The highest BCUT2D eigenvalue weighted by atomic mass is 19.1. The first-order chi connectivity index (χ1) is 22.7. The van der Waals surface area contributed by atoms with E-state index in [2.05, 4.69) is 125 Å². The maximum Gasteiger partial charge on any atom is 0.131 e. The zero-order valence-electron chi connectivity index (χ0n) is 31.4. The van der Waals surface area contributed by atoms with Crippen LogP contribution in [0.25, 0.3) is 43.8 Å². The highest BCUT2D eigenvalue weighted by molar-refractivity contribution is 6.14. The van der Waals surface area contributed by atoms with Gasteiger partial charge in [-0.3, -0.25) is 0 Å². The van der Waals surface area contributed by atoms with Gasteiger partial charge in [-0.25, -0.2) is 4.39 Å². The molecule has 0 saturated heterocycles. The molecule has 0 saturated carbocycles. The Kier molecular flexibility index (Phi) is 9.73. The molecule has 0 aromatic heterocycles. The summed E-state index contributed by atoms with van der Waals surface area (Å²) in [4.78, 5) is 0. The minimum atomic E-state index is -0.412. The van der Waals surface area contributed by atoms with Gasteiger partial charge in [-0.2, -0.15) is 0 Å². The normalized spacial score (nSPS) is 13.0. The summed E-state index contributed by atoms with van der Waals surface area (Å²) in [5.41, 5.74) is 5.84. The zero-order valence-corrected chi connectivity index (χ0v) is 31.4. The van der Waals surface area contributed by atoms with Crippen LogP contribution in [0, 0.1) is 11.2 Å². The molecule has 5 aromatic rings. The van der Waals surface area contributed by atoms with Crippen LogP contribution in [0.2, 0.25) is 0 Å². The molecule has 2 N–H and O–H groups in total. The number of aromatic hydroxyl groups is 1. The van der Waals surface area contributed by atoms with Crippen molar-refractivity contribution in [2.75, 3.05) is 13.2 Å². The first kappa shape index (κ1) is 36.4. The third-order valence-electron chi connectivity index (χ3n) is 9.61. The lowest BCUT2D eigenvalue weighted by Gasteiger charge is -2.34. The second-order valence-electron chi connectivity index (χ2n) is 17.7. The molecule has 0 unspecified atom stereocenters. The number of phenols is 1. The maximum atomic E-state index is 15.1. The van der Waals surface area contributed by atoms with Crippen LogP contribution >= 0.6 is 0 Å². The van der Waals surface area contributed by atoms with E-state index in [1.807, 2.05) is 6.07 Å². The van der Waals surface area contributed by atoms with Crippen molar-refractivity contribution in [3.8, 4) is 33.8 Å². The monoisotopic (exact) mass is 662 g/mol. The summed E-state index contributed by atoms with van der Waals surface area (Å²) in [7, 11) is 0. The quantitative estimate of drug-likeness (QED) is 0.128. The molecular weight excluding hydrogens is 607 g/mol. The number of rotatable bonds is 8. The largest absolute Gasteiger partial charge is 0.507 e. The number of hydrogen-bond acceptors (Lipinski definition) is 3. The zero-order chi connectivity index (χ0) is 36.1. The van der Waals surface area contributed by atoms with Crippen LogP contribution in [0.5, 0.6) is 11.5 Å². The fourth-order valence-electron chi connectivity index (χ4n) is 7.28. The number of aliphatic hydroxyl groups excluding tert-OH is 1. The second kappa shape index (κ2) is 13.1. The van der Waals surface area contributed by atoms with E-state index in [1.54, 1.807) is 6.07 Å². The Hall–Kier alpha value is -3.89. The molecule has 0 heterocycles. The summed E-state index contributed by atoms with van der Waals surface area (Å²) in [5, 5.41) is 26.3. The van der Waals surface area contributed by atoms with Gasteiger partial charge in [0.05, 0.1) is 6.61 Å². The predicted octanol–water partition coefficient (Wildman–Crippen LogP) is 12.2. The van der Waals surface area contributed by atoms with Gasteiger partial charge < -0.3 is 14.9 Å². The molecule has 0 bridgehead atoms. The lowest BCUT2D eigenvalue weighted by molar-refractivity contribution is 0.234. The summed E-state index contributed by atoms with van der Waals surface area (Å²) >= 11 is 0. The smallest absolute Gasteiger partial charge is 0.131 e. The topological polar surface area (TPSA) is 49.7 Å². The van der Waals surface area contributed by atoms with Crippen molar-refractivity contribution >= 4 is 21.5 Å². The van der Waals surface area contributed by atoms with Gasteiger partial charge in [-0.1, -0.05) is 106 Å². The van der Waals surface area contributed by atoms with Gasteiger partial charge in [0.15, 0.2) is 0 Å². The lowest BCUT2D eigenvalue weighted by atomic mass is 9.71. The molecule has 260 valence electrons. The number of aliphatic hydroxyl groups is 1. The van der Waals surface area contributed by atoms with E-state index in [1.165, 1.54) is 23.3 Å². The second-order valence-corrected chi connectivity index (χ2v) is 17.7. The number of hydrogen-bond donors (Lipinski definition) is 2. The number of benzene rings is 5. The summed E-state index contributed by atoms with van der Waals surface area (Å²) < 4.78 is 21.2. The van der Waals surface area contributed by atoms with Gasteiger partial charge in [0.25, 0.3) is 0 Å². The Labute approximate surface area is 293 Å². The van der Waals surface area contributed by atoms with Gasteiger partial charge in [-0.05, 0) is 109 Å². The molecule has 0 atom stereocenters. The van der Waals surface area contributed by atoms with Crippen LogP contribution in [0.15, 0.2) is 72.8 Å². The van der Waals surface area contributed by atoms with E-state index in [4.69, 9.17) is 4.74 Å². The van der Waals surface area contributed by atoms with Crippen LogP contribution in [-0.4, -0.2) is 23.4 Å². The molecule has 4 heteroatoms. The van der Waals surface area contributed by atoms with Crippen molar-refractivity contribution in [1.82, 2.24) is 0 Å². The average Bonchev–Trinajstić information content (AvgIpc) is 2.98.